The van der Waals surface area contributed by atoms with Crippen LogP contribution in [0.1, 0.15) is 20.3 Å². The average molecular weight is 305 g/mol. The molecule has 0 aliphatic carbocycles. The fraction of sp³-hybridized carbons (Fsp3) is 0.462. The number of halogens is 2. The number of esters is 1. The van der Waals surface area contributed by atoms with Crippen molar-refractivity contribution in [2.75, 3.05) is 18.2 Å². The highest BCUT2D eigenvalue weighted by atomic mass is 35.5. The average Bonchev–Trinajstić information content (AvgIpc) is 2.33. The lowest BCUT2D eigenvalue weighted by Crippen LogP contribution is -2.32. The van der Waals surface area contributed by atoms with Crippen LogP contribution >= 0.6 is 23.2 Å². The molecule has 0 aliphatic rings. The van der Waals surface area contributed by atoms with Crippen molar-refractivity contribution >= 4 is 40.5 Å². The van der Waals surface area contributed by atoms with E-state index in [0.717, 1.165) is 0 Å². The van der Waals surface area contributed by atoms with Crippen molar-refractivity contribution in [3.8, 4) is 0 Å². The summed E-state index contributed by atoms with van der Waals surface area (Å²) in [5.74, 6) is -0.000214. The van der Waals surface area contributed by atoms with Crippen molar-refractivity contribution in [2.24, 2.45) is 5.92 Å². The third kappa shape index (κ3) is 4.48. The smallest absolute Gasteiger partial charge is 0.328 e. The largest absolute Gasteiger partial charge is 0.467 e. The Hall–Kier alpha value is -1.13. The van der Waals surface area contributed by atoms with Gasteiger partial charge in [0.05, 0.1) is 28.5 Å². The Balaban J connectivity index is 2.96. The summed E-state index contributed by atoms with van der Waals surface area (Å²) in [6.45, 7) is 4.05. The summed E-state index contributed by atoms with van der Waals surface area (Å²) in [7, 11) is 1.36. The zero-order valence-electron chi connectivity index (χ0n) is 11.2. The summed E-state index contributed by atoms with van der Waals surface area (Å²) < 4.78 is 4.78. The number of nitrogens with two attached hydrogens (primary N) is 1. The lowest BCUT2D eigenvalue weighted by Gasteiger charge is -2.20. The van der Waals surface area contributed by atoms with Crippen LogP contribution in [-0.4, -0.2) is 19.1 Å². The first kappa shape index (κ1) is 15.9. The van der Waals surface area contributed by atoms with Gasteiger partial charge in [0.15, 0.2) is 0 Å². The van der Waals surface area contributed by atoms with Crippen LogP contribution in [0.4, 0.5) is 11.4 Å². The highest BCUT2D eigenvalue weighted by Crippen LogP contribution is 2.31. The molecular weight excluding hydrogens is 287 g/mol. The predicted molar refractivity (Wildman–Crippen MR) is 79.8 cm³/mol. The van der Waals surface area contributed by atoms with Gasteiger partial charge in [-0.2, -0.15) is 0 Å². The molecule has 6 heteroatoms. The molecule has 1 aromatic carbocycles. The molecule has 0 radical (unpaired) electrons. The van der Waals surface area contributed by atoms with Gasteiger partial charge in [-0.05, 0) is 24.5 Å². The molecule has 1 unspecified atom stereocenters. The van der Waals surface area contributed by atoms with E-state index in [-0.39, 0.29) is 5.97 Å². The Morgan fingerprint density at radius 3 is 2.47 bits per heavy atom. The highest BCUT2D eigenvalue weighted by molar-refractivity contribution is 6.42. The number of carbonyl (C=O) groups is 1. The van der Waals surface area contributed by atoms with Crippen molar-refractivity contribution in [3.05, 3.63) is 22.2 Å². The van der Waals surface area contributed by atoms with E-state index in [1.165, 1.54) is 7.11 Å². The number of carbonyl (C=O) groups excluding carboxylic acids is 1. The number of benzene rings is 1. The Bertz CT molecular complexity index is 464. The first-order chi connectivity index (χ1) is 8.85. The van der Waals surface area contributed by atoms with E-state index >= 15 is 0 Å². The van der Waals surface area contributed by atoms with Gasteiger partial charge in [0.1, 0.15) is 6.04 Å². The van der Waals surface area contributed by atoms with E-state index < -0.39 is 6.04 Å². The SMILES string of the molecule is COC(=O)C(CC(C)C)Nc1cc(Cl)c(Cl)cc1N. The van der Waals surface area contributed by atoms with Gasteiger partial charge in [-0.15, -0.1) is 0 Å². The minimum atomic E-state index is -0.468. The minimum Gasteiger partial charge on any atom is -0.467 e. The highest BCUT2D eigenvalue weighted by Gasteiger charge is 2.21. The lowest BCUT2D eigenvalue weighted by molar-refractivity contribution is -0.141. The van der Waals surface area contributed by atoms with Crippen LogP contribution in [-0.2, 0) is 9.53 Å². The summed E-state index contributed by atoms with van der Waals surface area (Å²) in [5, 5.41) is 3.81. The molecule has 0 heterocycles. The Kier molecular flexibility index (Phi) is 5.76. The van der Waals surface area contributed by atoms with Crippen LogP contribution < -0.4 is 11.1 Å². The number of ether oxygens (including phenoxy) is 1. The van der Waals surface area contributed by atoms with Crippen molar-refractivity contribution in [1.82, 2.24) is 0 Å². The molecule has 0 fully saturated rings. The molecule has 0 saturated heterocycles. The van der Waals surface area contributed by atoms with E-state index in [2.05, 4.69) is 5.32 Å². The summed E-state index contributed by atoms with van der Waals surface area (Å²) in [4.78, 5) is 11.7. The molecule has 0 amide bonds. The molecule has 3 N–H and O–H groups in total. The fourth-order valence-corrected chi connectivity index (χ4v) is 2.04. The lowest BCUT2D eigenvalue weighted by atomic mass is 10.0. The normalized spacial score (nSPS) is 12.3. The molecule has 106 valence electrons. The van der Waals surface area contributed by atoms with Gasteiger partial charge in [-0.1, -0.05) is 37.0 Å². The fourth-order valence-electron chi connectivity index (χ4n) is 1.70. The first-order valence-electron chi connectivity index (χ1n) is 5.94. The molecule has 0 aromatic heterocycles. The number of hydrogen-bond acceptors (Lipinski definition) is 4. The van der Waals surface area contributed by atoms with Gasteiger partial charge in [-0.3, -0.25) is 0 Å². The third-order valence-electron chi connectivity index (χ3n) is 2.61. The summed E-state index contributed by atoms with van der Waals surface area (Å²) in [6, 6.07) is 2.69. The number of rotatable bonds is 5. The third-order valence-corrected chi connectivity index (χ3v) is 3.34. The zero-order chi connectivity index (χ0) is 14.6. The van der Waals surface area contributed by atoms with E-state index in [0.29, 0.717) is 33.8 Å². The number of nitrogen functional groups attached to an aromatic ring is 1. The van der Waals surface area contributed by atoms with Crippen LogP contribution in [0.25, 0.3) is 0 Å². The maximum Gasteiger partial charge on any atom is 0.328 e. The summed E-state index contributed by atoms with van der Waals surface area (Å²) in [5.41, 5.74) is 6.86. The molecule has 0 aliphatic heterocycles. The predicted octanol–water partition coefficient (Wildman–Crippen LogP) is 3.58. The van der Waals surface area contributed by atoms with E-state index in [1.807, 2.05) is 13.8 Å². The zero-order valence-corrected chi connectivity index (χ0v) is 12.7. The Morgan fingerprint density at radius 2 is 1.95 bits per heavy atom. The van der Waals surface area contributed by atoms with E-state index in [4.69, 9.17) is 33.7 Å². The Labute approximate surface area is 123 Å². The standard InChI is InChI=1S/C13H18Cl2N2O2/c1-7(2)4-12(13(18)19-3)17-11-6-9(15)8(14)5-10(11)16/h5-7,12,17H,4,16H2,1-3H3. The molecule has 19 heavy (non-hydrogen) atoms. The molecule has 1 atom stereocenters. The van der Waals surface area contributed by atoms with Crippen molar-refractivity contribution in [1.29, 1.82) is 0 Å². The number of methoxy groups -OCH3 is 1. The van der Waals surface area contributed by atoms with Gasteiger partial charge in [-0.25, -0.2) is 4.79 Å². The molecule has 0 bridgehead atoms. The van der Waals surface area contributed by atoms with Crippen LogP contribution in [0.5, 0.6) is 0 Å². The summed E-state index contributed by atoms with van der Waals surface area (Å²) >= 11 is 11.8. The second-order valence-corrected chi connectivity index (χ2v) is 5.52. The monoisotopic (exact) mass is 304 g/mol. The maximum atomic E-state index is 11.7. The Morgan fingerprint density at radius 1 is 1.37 bits per heavy atom. The molecule has 1 rings (SSSR count). The minimum absolute atomic E-state index is 0.334. The van der Waals surface area contributed by atoms with Gasteiger partial charge in [0, 0.05) is 0 Å². The van der Waals surface area contributed by atoms with Crippen LogP contribution in [0.15, 0.2) is 12.1 Å². The molecule has 0 spiro atoms. The number of anilines is 2. The van der Waals surface area contributed by atoms with E-state index in [9.17, 15) is 4.79 Å². The second kappa shape index (κ2) is 6.87. The summed E-state index contributed by atoms with van der Waals surface area (Å²) in [6.07, 6.45) is 0.631. The van der Waals surface area contributed by atoms with Gasteiger partial charge < -0.3 is 15.8 Å². The first-order valence-corrected chi connectivity index (χ1v) is 6.69. The molecule has 1 aromatic rings. The molecule has 4 nitrogen and oxygen atoms in total. The van der Waals surface area contributed by atoms with Crippen LogP contribution in [0.3, 0.4) is 0 Å². The van der Waals surface area contributed by atoms with E-state index in [1.54, 1.807) is 12.1 Å². The van der Waals surface area contributed by atoms with Gasteiger partial charge >= 0.3 is 5.97 Å². The maximum absolute atomic E-state index is 11.7. The van der Waals surface area contributed by atoms with Crippen molar-refractivity contribution in [2.45, 2.75) is 26.3 Å². The van der Waals surface area contributed by atoms with Crippen LogP contribution in [0.2, 0.25) is 10.0 Å². The van der Waals surface area contributed by atoms with Crippen molar-refractivity contribution < 1.29 is 9.53 Å². The quantitative estimate of drug-likeness (QED) is 0.645. The van der Waals surface area contributed by atoms with Crippen LogP contribution in [0, 0.1) is 5.92 Å². The molecule has 0 saturated carbocycles. The molecular formula is C13H18Cl2N2O2. The number of nitrogens with one attached hydrogen (secondary N) is 1. The van der Waals surface area contributed by atoms with Gasteiger partial charge in [0.25, 0.3) is 0 Å². The van der Waals surface area contributed by atoms with Crippen molar-refractivity contribution in [3.63, 3.8) is 0 Å². The van der Waals surface area contributed by atoms with Gasteiger partial charge in [0.2, 0.25) is 0 Å². The topological polar surface area (TPSA) is 64.3 Å². The number of hydrogen-bond donors (Lipinski definition) is 2. The second-order valence-electron chi connectivity index (χ2n) is 4.70.